The first-order valence-electron chi connectivity index (χ1n) is 11.9. The lowest BCUT2D eigenvalue weighted by Crippen LogP contribution is -2.51. The van der Waals surface area contributed by atoms with Crippen LogP contribution in [0.3, 0.4) is 0 Å². The SMILES string of the molecule is CCCNC(=O)C(Cc1ccccc1)N(Cc1ccccc1)C(=O)CSCc1ccc([N+](=O)[O-])cc1. The van der Waals surface area contributed by atoms with Crippen molar-refractivity contribution >= 4 is 29.3 Å². The highest BCUT2D eigenvalue weighted by atomic mass is 32.2. The molecule has 0 saturated carbocycles. The summed E-state index contributed by atoms with van der Waals surface area (Å²) in [5, 5.41) is 13.8. The van der Waals surface area contributed by atoms with E-state index in [0.29, 0.717) is 25.3 Å². The molecule has 1 unspecified atom stereocenters. The molecule has 7 nitrogen and oxygen atoms in total. The van der Waals surface area contributed by atoms with E-state index in [9.17, 15) is 19.7 Å². The molecule has 2 amide bonds. The van der Waals surface area contributed by atoms with Crippen molar-refractivity contribution in [2.24, 2.45) is 0 Å². The molecule has 3 rings (SSSR count). The van der Waals surface area contributed by atoms with Gasteiger partial charge in [0, 0.05) is 37.4 Å². The second kappa shape index (κ2) is 14.0. The van der Waals surface area contributed by atoms with Crippen LogP contribution < -0.4 is 5.32 Å². The van der Waals surface area contributed by atoms with Gasteiger partial charge in [-0.05, 0) is 23.1 Å². The van der Waals surface area contributed by atoms with Crippen molar-refractivity contribution in [1.29, 1.82) is 0 Å². The summed E-state index contributed by atoms with van der Waals surface area (Å²) in [6.07, 6.45) is 1.23. The largest absolute Gasteiger partial charge is 0.354 e. The molecule has 0 aromatic heterocycles. The van der Waals surface area contributed by atoms with E-state index in [1.807, 2.05) is 67.6 Å². The van der Waals surface area contributed by atoms with Gasteiger partial charge >= 0.3 is 0 Å². The van der Waals surface area contributed by atoms with Crippen molar-refractivity contribution in [1.82, 2.24) is 10.2 Å². The Morgan fingerprint density at radius 2 is 1.53 bits per heavy atom. The Labute approximate surface area is 216 Å². The van der Waals surface area contributed by atoms with E-state index in [1.165, 1.54) is 23.9 Å². The lowest BCUT2D eigenvalue weighted by molar-refractivity contribution is -0.384. The summed E-state index contributed by atoms with van der Waals surface area (Å²) < 4.78 is 0. The maximum atomic E-state index is 13.5. The number of hydrogen-bond donors (Lipinski definition) is 1. The van der Waals surface area contributed by atoms with Crippen molar-refractivity contribution in [2.45, 2.75) is 38.1 Å². The second-order valence-corrected chi connectivity index (χ2v) is 9.41. The minimum atomic E-state index is -0.647. The van der Waals surface area contributed by atoms with E-state index >= 15 is 0 Å². The number of nitro benzene ring substituents is 1. The highest BCUT2D eigenvalue weighted by molar-refractivity contribution is 7.99. The Morgan fingerprint density at radius 1 is 0.917 bits per heavy atom. The van der Waals surface area contributed by atoms with Gasteiger partial charge < -0.3 is 10.2 Å². The number of hydrogen-bond acceptors (Lipinski definition) is 5. The molecule has 0 fully saturated rings. The fraction of sp³-hybridized carbons (Fsp3) is 0.286. The lowest BCUT2D eigenvalue weighted by Gasteiger charge is -2.31. The first-order valence-corrected chi connectivity index (χ1v) is 13.1. The highest BCUT2D eigenvalue weighted by Gasteiger charge is 2.30. The van der Waals surface area contributed by atoms with Gasteiger partial charge in [0.25, 0.3) is 5.69 Å². The Bertz CT molecular complexity index is 1120. The van der Waals surface area contributed by atoms with Crippen LogP contribution >= 0.6 is 11.8 Å². The summed E-state index contributed by atoms with van der Waals surface area (Å²) in [5.74, 6) is 0.438. The number of thioether (sulfide) groups is 1. The van der Waals surface area contributed by atoms with Crippen molar-refractivity contribution in [3.63, 3.8) is 0 Å². The molecule has 36 heavy (non-hydrogen) atoms. The van der Waals surface area contributed by atoms with Gasteiger partial charge in [0.05, 0.1) is 10.7 Å². The van der Waals surface area contributed by atoms with E-state index in [1.54, 1.807) is 17.0 Å². The van der Waals surface area contributed by atoms with Crippen LogP contribution in [0, 0.1) is 10.1 Å². The van der Waals surface area contributed by atoms with Crippen molar-refractivity contribution in [2.75, 3.05) is 12.3 Å². The van der Waals surface area contributed by atoms with Crippen LogP contribution in [-0.2, 0) is 28.3 Å². The zero-order chi connectivity index (χ0) is 25.8. The van der Waals surface area contributed by atoms with Crippen molar-refractivity contribution in [3.8, 4) is 0 Å². The van der Waals surface area contributed by atoms with Gasteiger partial charge in [-0.2, -0.15) is 0 Å². The molecular weight excluding hydrogens is 474 g/mol. The lowest BCUT2D eigenvalue weighted by atomic mass is 10.0. The fourth-order valence-electron chi connectivity index (χ4n) is 3.75. The van der Waals surface area contributed by atoms with E-state index < -0.39 is 11.0 Å². The number of nitro groups is 1. The predicted molar refractivity (Wildman–Crippen MR) is 143 cm³/mol. The molecule has 188 valence electrons. The van der Waals surface area contributed by atoms with Crippen LogP contribution in [0.15, 0.2) is 84.9 Å². The number of non-ortho nitro benzene ring substituents is 1. The zero-order valence-corrected chi connectivity index (χ0v) is 21.2. The van der Waals surface area contributed by atoms with E-state index in [4.69, 9.17) is 0 Å². The highest BCUT2D eigenvalue weighted by Crippen LogP contribution is 2.20. The Morgan fingerprint density at radius 3 is 2.11 bits per heavy atom. The standard InChI is InChI=1S/C28H31N3O4S/c1-2-17-29-28(33)26(18-22-9-5-3-6-10-22)30(19-23-11-7-4-8-12-23)27(32)21-36-20-24-13-15-25(16-14-24)31(34)35/h3-16,26H,2,17-21H2,1H3,(H,29,33). The van der Waals surface area contributed by atoms with Crippen LogP contribution in [0.25, 0.3) is 0 Å². The molecule has 0 radical (unpaired) electrons. The predicted octanol–water partition coefficient (Wildman–Crippen LogP) is 4.99. The van der Waals surface area contributed by atoms with Gasteiger partial charge in [0.2, 0.25) is 11.8 Å². The molecule has 0 aliphatic carbocycles. The van der Waals surface area contributed by atoms with Gasteiger partial charge in [0.15, 0.2) is 0 Å². The summed E-state index contributed by atoms with van der Waals surface area (Å²) >= 11 is 1.43. The van der Waals surface area contributed by atoms with E-state index in [0.717, 1.165) is 23.1 Å². The van der Waals surface area contributed by atoms with Crippen LogP contribution in [0.1, 0.15) is 30.0 Å². The molecule has 3 aromatic carbocycles. The number of benzene rings is 3. The first kappa shape index (κ1) is 26.9. The number of amides is 2. The average Bonchev–Trinajstić information content (AvgIpc) is 2.90. The average molecular weight is 506 g/mol. The Hall–Kier alpha value is -3.65. The molecular formula is C28H31N3O4S. The molecule has 1 N–H and O–H groups in total. The third-order valence-corrected chi connectivity index (χ3v) is 6.65. The summed E-state index contributed by atoms with van der Waals surface area (Å²) in [4.78, 5) is 38.9. The molecule has 0 aliphatic rings. The normalized spacial score (nSPS) is 11.5. The molecule has 0 heterocycles. The zero-order valence-electron chi connectivity index (χ0n) is 20.3. The molecule has 0 aliphatic heterocycles. The Kier molecular flexibility index (Phi) is 10.5. The summed E-state index contributed by atoms with van der Waals surface area (Å²) in [7, 11) is 0. The molecule has 0 saturated heterocycles. The summed E-state index contributed by atoms with van der Waals surface area (Å²) in [6.45, 7) is 2.87. The molecule has 1 atom stereocenters. The van der Waals surface area contributed by atoms with Gasteiger partial charge in [-0.1, -0.05) is 79.7 Å². The Balaban J connectivity index is 1.78. The van der Waals surface area contributed by atoms with E-state index in [-0.39, 0.29) is 23.3 Å². The monoisotopic (exact) mass is 505 g/mol. The molecule has 0 bridgehead atoms. The molecule has 3 aromatic rings. The smallest absolute Gasteiger partial charge is 0.269 e. The minimum absolute atomic E-state index is 0.0377. The van der Waals surface area contributed by atoms with Crippen LogP contribution in [-0.4, -0.2) is 40.0 Å². The first-order chi connectivity index (χ1) is 17.5. The number of nitrogens with one attached hydrogen (secondary N) is 1. The third kappa shape index (κ3) is 8.23. The summed E-state index contributed by atoms with van der Waals surface area (Å²) in [5.41, 5.74) is 2.87. The maximum Gasteiger partial charge on any atom is 0.269 e. The molecule has 8 heteroatoms. The maximum absolute atomic E-state index is 13.5. The number of nitrogens with zero attached hydrogens (tertiary/aromatic N) is 2. The van der Waals surface area contributed by atoms with Crippen LogP contribution in [0.5, 0.6) is 0 Å². The number of carbonyl (C=O) groups is 2. The van der Waals surface area contributed by atoms with Crippen molar-refractivity contribution < 1.29 is 14.5 Å². The number of rotatable bonds is 13. The van der Waals surface area contributed by atoms with Gasteiger partial charge in [-0.25, -0.2) is 0 Å². The van der Waals surface area contributed by atoms with Gasteiger partial charge in [-0.15, -0.1) is 11.8 Å². The van der Waals surface area contributed by atoms with Gasteiger partial charge in [-0.3, -0.25) is 19.7 Å². The molecule has 0 spiro atoms. The minimum Gasteiger partial charge on any atom is -0.354 e. The van der Waals surface area contributed by atoms with E-state index in [2.05, 4.69) is 5.32 Å². The number of carbonyl (C=O) groups excluding carboxylic acids is 2. The topological polar surface area (TPSA) is 92.6 Å². The van der Waals surface area contributed by atoms with Crippen LogP contribution in [0.2, 0.25) is 0 Å². The fourth-order valence-corrected chi connectivity index (χ4v) is 4.62. The van der Waals surface area contributed by atoms with Crippen molar-refractivity contribution in [3.05, 3.63) is 112 Å². The van der Waals surface area contributed by atoms with Gasteiger partial charge in [0.1, 0.15) is 6.04 Å². The summed E-state index contributed by atoms with van der Waals surface area (Å²) in [6, 6.07) is 25.1. The quantitative estimate of drug-likeness (QED) is 0.261. The second-order valence-electron chi connectivity index (χ2n) is 8.42. The third-order valence-electron chi connectivity index (χ3n) is 5.66. The van der Waals surface area contributed by atoms with Crippen LogP contribution in [0.4, 0.5) is 5.69 Å².